The van der Waals surface area contributed by atoms with E-state index in [0.29, 0.717) is 29.8 Å². The predicted molar refractivity (Wildman–Crippen MR) is 76.8 cm³/mol. The lowest BCUT2D eigenvalue weighted by Crippen LogP contribution is -2.32. The summed E-state index contributed by atoms with van der Waals surface area (Å²) in [6, 6.07) is 5.65. The summed E-state index contributed by atoms with van der Waals surface area (Å²) in [6.45, 7) is 3.46. The van der Waals surface area contributed by atoms with Crippen molar-refractivity contribution in [2.75, 3.05) is 20.8 Å². The van der Waals surface area contributed by atoms with E-state index in [1.807, 2.05) is 13.1 Å². The number of amidine groups is 1. The first-order chi connectivity index (χ1) is 8.99. The van der Waals surface area contributed by atoms with Crippen LogP contribution in [-0.4, -0.2) is 42.7 Å². The molecule has 0 fully saturated rings. The molecule has 106 valence electrons. The topological polar surface area (TPSA) is 71.1 Å². The van der Waals surface area contributed by atoms with E-state index in [-0.39, 0.29) is 5.84 Å². The van der Waals surface area contributed by atoms with E-state index in [9.17, 15) is 0 Å². The maximum atomic E-state index is 8.62. The molecule has 0 bridgehead atoms. The minimum absolute atomic E-state index is 0.0505. The summed E-state index contributed by atoms with van der Waals surface area (Å²) < 4.78 is 5.12. The molecule has 0 aliphatic rings. The number of likely N-dealkylation sites (N-methyl/N-ethyl adjacent to an activating group) is 1. The van der Waals surface area contributed by atoms with Gasteiger partial charge in [-0.05, 0) is 25.6 Å². The van der Waals surface area contributed by atoms with Crippen LogP contribution in [-0.2, 0) is 11.3 Å². The first kappa shape index (κ1) is 15.8. The first-order valence-electron chi connectivity index (χ1n) is 5.95. The number of halogens is 1. The monoisotopic (exact) mass is 285 g/mol. The zero-order valence-electron chi connectivity index (χ0n) is 11.4. The molecule has 0 heterocycles. The molecule has 1 aromatic rings. The van der Waals surface area contributed by atoms with Gasteiger partial charge in [0.25, 0.3) is 0 Å². The van der Waals surface area contributed by atoms with Crippen molar-refractivity contribution in [1.82, 2.24) is 4.90 Å². The lowest BCUT2D eigenvalue weighted by Gasteiger charge is -2.24. The third-order valence-corrected chi connectivity index (χ3v) is 3.39. The van der Waals surface area contributed by atoms with Gasteiger partial charge in [0.2, 0.25) is 0 Å². The molecule has 0 saturated carbocycles. The van der Waals surface area contributed by atoms with Crippen molar-refractivity contribution in [2.45, 2.75) is 19.5 Å². The largest absolute Gasteiger partial charge is 0.409 e. The molecule has 0 radical (unpaired) electrons. The molecule has 0 amide bonds. The number of hydrogen-bond acceptors (Lipinski definition) is 4. The van der Waals surface area contributed by atoms with E-state index in [4.69, 9.17) is 27.3 Å². The van der Waals surface area contributed by atoms with Crippen molar-refractivity contribution >= 4 is 17.4 Å². The number of rotatable bonds is 6. The lowest BCUT2D eigenvalue weighted by atomic mass is 10.1. The van der Waals surface area contributed by atoms with Crippen molar-refractivity contribution < 1.29 is 9.94 Å². The summed E-state index contributed by atoms with van der Waals surface area (Å²) in [5, 5.41) is 12.2. The molecule has 1 atom stereocenters. The van der Waals surface area contributed by atoms with Crippen LogP contribution in [0, 0.1) is 0 Å². The second kappa shape index (κ2) is 7.33. The van der Waals surface area contributed by atoms with Crippen LogP contribution in [0.25, 0.3) is 0 Å². The average Bonchev–Trinajstić information content (AvgIpc) is 2.40. The number of oxime groups is 1. The van der Waals surface area contributed by atoms with Crippen LogP contribution in [0.2, 0.25) is 5.02 Å². The predicted octanol–water partition coefficient (Wildman–Crippen LogP) is 1.90. The Morgan fingerprint density at radius 3 is 2.79 bits per heavy atom. The minimum Gasteiger partial charge on any atom is -0.409 e. The Labute approximate surface area is 118 Å². The van der Waals surface area contributed by atoms with Gasteiger partial charge < -0.3 is 15.7 Å². The summed E-state index contributed by atoms with van der Waals surface area (Å²) in [7, 11) is 3.70. The highest BCUT2D eigenvalue weighted by atomic mass is 35.5. The number of hydrogen-bond donors (Lipinski definition) is 2. The minimum atomic E-state index is 0.0505. The first-order valence-corrected chi connectivity index (χ1v) is 6.32. The molecule has 1 unspecified atom stereocenters. The van der Waals surface area contributed by atoms with Crippen molar-refractivity contribution in [1.29, 1.82) is 0 Å². The summed E-state index contributed by atoms with van der Waals surface area (Å²) in [4.78, 5) is 2.15. The Hall–Kier alpha value is -1.30. The van der Waals surface area contributed by atoms with E-state index >= 15 is 0 Å². The number of nitrogens with zero attached hydrogens (tertiary/aromatic N) is 2. The number of methoxy groups -OCH3 is 1. The van der Waals surface area contributed by atoms with Gasteiger partial charge in [-0.1, -0.05) is 28.9 Å². The van der Waals surface area contributed by atoms with E-state index < -0.39 is 0 Å². The zero-order valence-corrected chi connectivity index (χ0v) is 12.2. The summed E-state index contributed by atoms with van der Waals surface area (Å²) in [5.74, 6) is 0.0505. The average molecular weight is 286 g/mol. The van der Waals surface area contributed by atoms with Gasteiger partial charge in [-0.15, -0.1) is 0 Å². The number of nitrogens with two attached hydrogens (primary N) is 1. The lowest BCUT2D eigenvalue weighted by molar-refractivity contribution is 0.112. The third-order valence-electron chi connectivity index (χ3n) is 3.04. The SMILES string of the molecule is COCC(C)N(C)Cc1ccc(/C(N)=N/O)cc1Cl. The molecular weight excluding hydrogens is 266 g/mol. The van der Waals surface area contributed by atoms with Crippen LogP contribution in [0.3, 0.4) is 0 Å². The Morgan fingerprint density at radius 1 is 1.58 bits per heavy atom. The fourth-order valence-electron chi connectivity index (χ4n) is 1.69. The van der Waals surface area contributed by atoms with Crippen molar-refractivity contribution in [3.63, 3.8) is 0 Å². The van der Waals surface area contributed by atoms with Crippen LogP contribution in [0.4, 0.5) is 0 Å². The molecule has 0 aliphatic carbocycles. The summed E-state index contributed by atoms with van der Waals surface area (Å²) >= 11 is 6.21. The molecule has 1 aromatic carbocycles. The standard InChI is InChI=1S/C13H20ClN3O2/c1-9(8-19-3)17(2)7-11-5-4-10(6-12(11)14)13(15)16-18/h4-6,9,18H,7-8H2,1-3H3,(H2,15,16). The van der Waals surface area contributed by atoms with E-state index in [0.717, 1.165) is 5.56 Å². The van der Waals surface area contributed by atoms with Crippen molar-refractivity contribution in [3.05, 3.63) is 34.3 Å². The zero-order chi connectivity index (χ0) is 14.4. The van der Waals surface area contributed by atoms with Gasteiger partial charge in [-0.3, -0.25) is 4.90 Å². The van der Waals surface area contributed by atoms with Gasteiger partial charge in [0.15, 0.2) is 5.84 Å². The van der Waals surface area contributed by atoms with Crippen molar-refractivity contribution in [2.24, 2.45) is 10.9 Å². The summed E-state index contributed by atoms with van der Waals surface area (Å²) in [5.41, 5.74) is 7.11. The highest BCUT2D eigenvalue weighted by molar-refractivity contribution is 6.31. The Bertz CT molecular complexity index is 452. The fraction of sp³-hybridized carbons (Fsp3) is 0.462. The van der Waals surface area contributed by atoms with E-state index in [2.05, 4.69) is 17.0 Å². The van der Waals surface area contributed by atoms with Gasteiger partial charge in [-0.25, -0.2) is 0 Å². The maximum Gasteiger partial charge on any atom is 0.170 e. The van der Waals surface area contributed by atoms with Gasteiger partial charge in [-0.2, -0.15) is 0 Å². The molecule has 0 aliphatic heterocycles. The van der Waals surface area contributed by atoms with E-state index in [1.54, 1.807) is 19.2 Å². The Balaban J connectivity index is 2.80. The molecule has 1 rings (SSSR count). The smallest absolute Gasteiger partial charge is 0.170 e. The van der Waals surface area contributed by atoms with Crippen LogP contribution in [0.1, 0.15) is 18.1 Å². The molecule has 19 heavy (non-hydrogen) atoms. The maximum absolute atomic E-state index is 8.62. The Kier molecular flexibility index (Phi) is 6.08. The molecular formula is C13H20ClN3O2. The second-order valence-electron chi connectivity index (χ2n) is 4.51. The third kappa shape index (κ3) is 4.38. The van der Waals surface area contributed by atoms with Gasteiger partial charge in [0.05, 0.1) is 6.61 Å². The van der Waals surface area contributed by atoms with Crippen LogP contribution >= 0.6 is 11.6 Å². The quantitative estimate of drug-likeness (QED) is 0.362. The molecule has 3 N–H and O–H groups in total. The molecule has 6 heteroatoms. The molecule has 0 saturated heterocycles. The normalized spacial score (nSPS) is 13.8. The second-order valence-corrected chi connectivity index (χ2v) is 4.92. The van der Waals surface area contributed by atoms with Crippen LogP contribution < -0.4 is 5.73 Å². The number of benzene rings is 1. The van der Waals surface area contributed by atoms with Gasteiger partial charge >= 0.3 is 0 Å². The molecule has 0 spiro atoms. The van der Waals surface area contributed by atoms with Crippen molar-refractivity contribution in [3.8, 4) is 0 Å². The molecule has 5 nitrogen and oxygen atoms in total. The summed E-state index contributed by atoms with van der Waals surface area (Å²) in [6.07, 6.45) is 0. The van der Waals surface area contributed by atoms with E-state index in [1.165, 1.54) is 0 Å². The Morgan fingerprint density at radius 2 is 2.26 bits per heavy atom. The van der Waals surface area contributed by atoms with Crippen LogP contribution in [0.5, 0.6) is 0 Å². The number of ether oxygens (including phenoxy) is 1. The highest BCUT2D eigenvalue weighted by Crippen LogP contribution is 2.20. The van der Waals surface area contributed by atoms with Gasteiger partial charge in [0, 0.05) is 30.3 Å². The van der Waals surface area contributed by atoms with Crippen LogP contribution in [0.15, 0.2) is 23.4 Å². The fourth-order valence-corrected chi connectivity index (χ4v) is 1.93. The van der Waals surface area contributed by atoms with Gasteiger partial charge in [0.1, 0.15) is 0 Å². The molecule has 0 aromatic heterocycles. The highest BCUT2D eigenvalue weighted by Gasteiger charge is 2.12.